The van der Waals surface area contributed by atoms with Crippen LogP contribution in [-0.2, 0) is 49.9 Å². The molecule has 6 unspecified atom stereocenters. The molecule has 6 atom stereocenters. The van der Waals surface area contributed by atoms with Crippen molar-refractivity contribution in [2.75, 3.05) is 54.0 Å². The third kappa shape index (κ3) is 18.9. The van der Waals surface area contributed by atoms with Gasteiger partial charge in [0.2, 0.25) is 20.0 Å². The number of aromatic nitrogens is 6. The molecule has 43 heteroatoms. The second kappa shape index (κ2) is 37.2. The number of nitrogens with one attached hydrogen (secondary N) is 6. The highest BCUT2D eigenvalue weighted by atomic mass is 35.5. The van der Waals surface area contributed by atoms with E-state index in [1.54, 1.807) is 49.4 Å². The van der Waals surface area contributed by atoms with Crippen LogP contribution >= 0.6 is 104 Å². The lowest BCUT2D eigenvalue weighted by molar-refractivity contribution is 0.0970. The standard InChI is InChI=1S/C96H99Cl6FN16O14S6/c1-45(2)129-73-32-51(90(120)113-137(123,124)58-13-14-58)35-76-85(73)108-93(134-76)116-25-17-54(18-26-116)105-44-65-83(112-133-89(65)62-41-60(62)48-27-68(99)79(69(100)28-48)81-63(87(131-110-81)47-11-12-47)42-106-55-37-56-39-57(38-55)119(56)95-107-84-72(103)31-50(34-75(84)136-95)92(122)115-139(127,128)118-21-6-7-22-118)80-70(101)29-49(30-71(80)102)59-40-61(59)88-64(82(111-132-88)78-66(97)9-8-10-67(78)98)43-104-53-15-23-117(24-16-53)94-109-86-74(130-46(3)4)33-52(36-77(86)135-94)91(121)114-138(125,126)96(5)19-20-96/h8-10,27-36,45-47,53-62,104-106H,6-7,11-26,37-44H2,1-5H3,(H,113,120)(H,114,121)(H,115,122). The van der Waals surface area contributed by atoms with Crippen molar-refractivity contribution in [2.45, 2.75) is 245 Å². The first-order chi connectivity index (χ1) is 66.6. The SMILES string of the molecule is CC(C)Oc1cc(C(=O)NS(=O)(=O)C2CC2)cc2sc(N3CCC(NCc4c(-c5c(Cl)cc(C6CC6c6onc(-c7c(Cl)cccc7Cl)c6CNC6CCN(c7nc8c(OC(C)C)cc(C(=O)NS(=O)(=O)C9(C)CC9)cc8s7)CC6)cc5Cl)noc4C4CC4c4cc(Cl)c(-c5noc(C6CC6)c5CNC5CC6CC(C5)N6c5nc6c(F)cc(C(=O)NS(=O)(=O)N7CCCC7)cc6s5)c(Cl)c4)CC3)nc12. The minimum absolute atomic E-state index is 0.0166. The Labute approximate surface area is 843 Å². The Kier molecular flexibility index (Phi) is 25.5. The summed E-state index contributed by atoms with van der Waals surface area (Å²) in [5.41, 5.74) is 9.09. The lowest BCUT2D eigenvalue weighted by Crippen LogP contribution is -2.64. The van der Waals surface area contributed by atoms with Crippen LogP contribution in [0.4, 0.5) is 19.8 Å². The lowest BCUT2D eigenvalue weighted by atomic mass is 9.77. The zero-order valence-corrected chi connectivity index (χ0v) is 85.6. The fourth-order valence-electron chi connectivity index (χ4n) is 20.4. The van der Waals surface area contributed by atoms with E-state index in [-0.39, 0.29) is 94.2 Å². The topological polar surface area (TPSA) is 374 Å². The van der Waals surface area contributed by atoms with Gasteiger partial charge in [0, 0.05) is 157 Å². The predicted octanol–water partition coefficient (Wildman–Crippen LogP) is 19.9. The average Bonchev–Trinajstić information content (AvgIpc) is 1.60. The second-order valence-electron chi connectivity index (χ2n) is 39.3. The number of thiazole rings is 3. The first-order valence-electron chi connectivity index (χ1n) is 47.3. The van der Waals surface area contributed by atoms with E-state index in [0.29, 0.717) is 227 Å². The van der Waals surface area contributed by atoms with Gasteiger partial charge in [0.25, 0.3) is 17.7 Å². The summed E-state index contributed by atoms with van der Waals surface area (Å²) in [7, 11) is -11.8. The summed E-state index contributed by atoms with van der Waals surface area (Å²) in [6.45, 7) is 13.5. The summed E-state index contributed by atoms with van der Waals surface area (Å²) in [6.07, 6.45) is 11.6. The first kappa shape index (κ1) is 95.2. The molecular weight excluding hydrogens is 2030 g/mol. The number of benzene rings is 6. The van der Waals surface area contributed by atoms with E-state index in [4.69, 9.17) is 123 Å². The molecule has 12 aromatic rings. The lowest BCUT2D eigenvalue weighted by Gasteiger charge is -2.55. The Morgan fingerprint density at radius 1 is 0.482 bits per heavy atom. The number of hydrogen-bond donors (Lipinski definition) is 6. The third-order valence-corrected chi connectivity index (χ3v) is 39.1. The van der Waals surface area contributed by atoms with Gasteiger partial charge < -0.3 is 53.7 Å². The fourth-order valence-corrected chi connectivity index (χ4v) is 29.5. The normalized spacial score (nSPS) is 21.8. The van der Waals surface area contributed by atoms with Crippen molar-refractivity contribution >= 4 is 198 Å². The molecule has 11 fully saturated rings. The van der Waals surface area contributed by atoms with Crippen molar-refractivity contribution < 1.29 is 67.1 Å². The number of piperidine rings is 3. The van der Waals surface area contributed by atoms with Gasteiger partial charge in [0.1, 0.15) is 62.4 Å². The summed E-state index contributed by atoms with van der Waals surface area (Å²) < 4.78 is 134. The highest BCUT2D eigenvalue weighted by Crippen LogP contribution is 2.61. The van der Waals surface area contributed by atoms with Crippen molar-refractivity contribution in [3.8, 4) is 45.3 Å². The number of halogens is 7. The molecule has 5 saturated heterocycles. The third-order valence-electron chi connectivity index (χ3n) is 28.7. The number of ether oxygens (including phenoxy) is 2. The summed E-state index contributed by atoms with van der Waals surface area (Å²) in [5, 5.41) is 29.9. The van der Waals surface area contributed by atoms with E-state index in [1.807, 2.05) is 52.0 Å². The number of amides is 3. The molecule has 6 aliphatic carbocycles. The molecule has 139 heavy (non-hydrogen) atoms. The number of nitrogens with zero attached hydrogens (tertiary/aromatic N) is 10. The van der Waals surface area contributed by atoms with Crippen molar-refractivity contribution in [2.24, 2.45) is 0 Å². The van der Waals surface area contributed by atoms with Gasteiger partial charge in [0.15, 0.2) is 21.2 Å². The molecule has 0 radical (unpaired) electrons. The number of anilines is 3. The molecule has 0 spiro atoms. The summed E-state index contributed by atoms with van der Waals surface area (Å²) in [6, 6.07) is 22.7. The van der Waals surface area contributed by atoms with Crippen LogP contribution in [-0.4, -0.2) is 169 Å². The van der Waals surface area contributed by atoms with Crippen LogP contribution in [0.25, 0.3) is 64.4 Å². The van der Waals surface area contributed by atoms with E-state index in [0.717, 1.165) is 108 Å². The number of hydrogen-bond acceptors (Lipinski definition) is 29. The summed E-state index contributed by atoms with van der Waals surface area (Å²) in [5.74, 6) is -0.373. The van der Waals surface area contributed by atoms with Crippen LogP contribution in [0.3, 0.4) is 0 Å². The Hall–Kier alpha value is -8.61. The minimum Gasteiger partial charge on any atom is -0.489 e. The number of carbonyl (C=O) groups excluding carboxylic acids is 3. The Balaban J connectivity index is 0.504. The van der Waals surface area contributed by atoms with Gasteiger partial charge in [-0.1, -0.05) is 125 Å². The predicted molar refractivity (Wildman–Crippen MR) is 538 cm³/mol. The van der Waals surface area contributed by atoms with Crippen molar-refractivity contribution in [3.05, 3.63) is 177 Å². The molecule has 11 aliphatic rings. The van der Waals surface area contributed by atoms with Crippen LogP contribution in [0.1, 0.15) is 250 Å². The van der Waals surface area contributed by atoms with Crippen LogP contribution in [0.15, 0.2) is 92.4 Å². The van der Waals surface area contributed by atoms with E-state index < -0.39 is 63.8 Å². The van der Waals surface area contributed by atoms with Gasteiger partial charge in [0.05, 0.1) is 66.4 Å². The Bertz CT molecular complexity index is 7250. The first-order valence-corrected chi connectivity index (χ1v) is 56.4. The molecule has 30 nitrogen and oxygen atoms in total. The molecule has 6 aromatic carbocycles. The molecular formula is C96H99Cl6FN16O14S6. The zero-order valence-electron chi connectivity index (χ0n) is 76.2. The van der Waals surface area contributed by atoms with Crippen molar-refractivity contribution in [3.63, 3.8) is 0 Å². The van der Waals surface area contributed by atoms with E-state index in [1.165, 1.54) is 44.4 Å². The molecule has 6 saturated carbocycles. The number of fused-ring (bicyclic) bond motifs is 5. The highest BCUT2D eigenvalue weighted by Gasteiger charge is 2.53. The monoisotopic (exact) mass is 2120 g/mol. The molecule has 3 amide bonds. The van der Waals surface area contributed by atoms with Crippen molar-refractivity contribution in [1.82, 2.24) is 64.8 Å². The van der Waals surface area contributed by atoms with Crippen LogP contribution in [0.5, 0.6) is 11.5 Å². The molecule has 11 heterocycles. The smallest absolute Gasteiger partial charge is 0.304 e. The van der Waals surface area contributed by atoms with Crippen LogP contribution < -0.4 is 54.3 Å². The maximum Gasteiger partial charge on any atom is 0.304 e. The van der Waals surface area contributed by atoms with Gasteiger partial charge in [-0.3, -0.25) is 14.4 Å². The van der Waals surface area contributed by atoms with E-state index in [9.17, 15) is 39.6 Å². The maximum atomic E-state index is 15.8. The summed E-state index contributed by atoms with van der Waals surface area (Å²) >= 11 is 48.4. The molecule has 6 N–H and O–H groups in total. The van der Waals surface area contributed by atoms with E-state index >= 15 is 4.39 Å². The highest BCUT2D eigenvalue weighted by molar-refractivity contribution is 7.91. The molecule has 2 bridgehead atoms. The minimum atomic E-state index is -4.07. The largest absolute Gasteiger partial charge is 0.489 e. The van der Waals surface area contributed by atoms with Gasteiger partial charge >= 0.3 is 10.2 Å². The second-order valence-corrected chi connectivity index (χ2v) is 50.6. The van der Waals surface area contributed by atoms with Gasteiger partial charge in [-0.15, -0.1) is 0 Å². The Morgan fingerprint density at radius 3 is 1.36 bits per heavy atom. The molecule has 6 aromatic heterocycles. The van der Waals surface area contributed by atoms with Crippen LogP contribution in [0, 0.1) is 5.82 Å². The van der Waals surface area contributed by atoms with Crippen LogP contribution in [0.2, 0.25) is 30.1 Å². The number of carbonyl (C=O) groups is 3. The Morgan fingerprint density at radius 2 is 0.899 bits per heavy atom. The summed E-state index contributed by atoms with van der Waals surface area (Å²) in [4.78, 5) is 61.9. The van der Waals surface area contributed by atoms with Gasteiger partial charge in [-0.2, -0.15) is 12.7 Å². The zero-order chi connectivity index (χ0) is 96.5. The number of sulfonamides is 2. The van der Waals surface area contributed by atoms with Crippen molar-refractivity contribution in [1.29, 1.82) is 0 Å². The van der Waals surface area contributed by atoms with Gasteiger partial charge in [-0.05, 0) is 240 Å². The fraction of sp³-hybridized carbons (Fsp3) is 0.469. The average molecular weight is 2130 g/mol. The molecule has 732 valence electrons. The number of rotatable bonds is 33. The quantitative estimate of drug-likeness (QED) is 0.0222. The molecule has 5 aliphatic heterocycles. The van der Waals surface area contributed by atoms with E-state index in [2.05, 4.69) is 44.8 Å². The maximum absolute atomic E-state index is 15.8. The molecule has 23 rings (SSSR count). The van der Waals surface area contributed by atoms with Gasteiger partial charge in [-0.25, -0.2) is 50.3 Å².